The lowest BCUT2D eigenvalue weighted by atomic mass is 10.0. The number of carbonyl (C=O) groups is 2. The standard InChI is InChI=1S/C30H44N4O5/c1-21(2)34(30(36)24-12-13-27(38-5)28(16-24)39-15-9-14-37-4)20-25-18-31-19-26(25)33-22(3)29(35)32-17-23-10-7-6-8-11-23/h6-8,10-13,16,21-22,25-26,31,33H,9,14-15,17-20H2,1-5H3,(H,32,35)/t22?,25-,26+/m0/s1. The highest BCUT2D eigenvalue weighted by Crippen LogP contribution is 2.29. The van der Waals surface area contributed by atoms with Gasteiger partial charge in [0.05, 0.1) is 19.8 Å². The van der Waals surface area contributed by atoms with E-state index in [4.69, 9.17) is 14.2 Å². The van der Waals surface area contributed by atoms with Gasteiger partial charge in [0.25, 0.3) is 5.91 Å². The number of nitrogens with one attached hydrogen (secondary N) is 3. The molecule has 0 saturated carbocycles. The van der Waals surface area contributed by atoms with Crippen LogP contribution in [0, 0.1) is 5.92 Å². The molecule has 1 fully saturated rings. The Morgan fingerprint density at radius 1 is 1.03 bits per heavy atom. The maximum absolute atomic E-state index is 13.7. The van der Waals surface area contributed by atoms with E-state index in [2.05, 4.69) is 16.0 Å². The topological polar surface area (TPSA) is 101 Å². The zero-order chi connectivity index (χ0) is 28.2. The van der Waals surface area contributed by atoms with Crippen molar-refractivity contribution in [2.45, 2.75) is 51.9 Å². The predicted molar refractivity (Wildman–Crippen MR) is 152 cm³/mol. The second-order valence-electron chi connectivity index (χ2n) is 10.2. The maximum Gasteiger partial charge on any atom is 0.254 e. The average molecular weight is 541 g/mol. The van der Waals surface area contributed by atoms with Crippen molar-refractivity contribution in [1.82, 2.24) is 20.9 Å². The van der Waals surface area contributed by atoms with E-state index >= 15 is 0 Å². The second kappa shape index (κ2) is 15.5. The number of ether oxygens (including phenoxy) is 3. The summed E-state index contributed by atoms with van der Waals surface area (Å²) in [4.78, 5) is 28.3. The smallest absolute Gasteiger partial charge is 0.254 e. The lowest BCUT2D eigenvalue weighted by Crippen LogP contribution is -2.51. The van der Waals surface area contributed by atoms with Gasteiger partial charge in [-0.05, 0) is 44.5 Å². The fourth-order valence-corrected chi connectivity index (χ4v) is 4.71. The number of nitrogens with zero attached hydrogens (tertiary/aromatic N) is 1. The van der Waals surface area contributed by atoms with Crippen LogP contribution in [0.4, 0.5) is 0 Å². The van der Waals surface area contributed by atoms with Crippen molar-refractivity contribution in [2.75, 3.05) is 47.1 Å². The Balaban J connectivity index is 1.62. The number of amides is 2. The Labute approximate surface area is 232 Å². The summed E-state index contributed by atoms with van der Waals surface area (Å²) in [6.45, 7) is 9.55. The number of carbonyl (C=O) groups excluding carboxylic acids is 2. The fraction of sp³-hybridized carbons (Fsp3) is 0.533. The van der Waals surface area contributed by atoms with Crippen molar-refractivity contribution < 1.29 is 23.8 Å². The van der Waals surface area contributed by atoms with Crippen molar-refractivity contribution in [3.8, 4) is 11.5 Å². The Morgan fingerprint density at radius 2 is 1.79 bits per heavy atom. The summed E-state index contributed by atoms with van der Waals surface area (Å²) in [5.41, 5.74) is 1.61. The monoisotopic (exact) mass is 540 g/mol. The van der Waals surface area contributed by atoms with Crippen LogP contribution in [0.3, 0.4) is 0 Å². The van der Waals surface area contributed by atoms with Gasteiger partial charge in [0.1, 0.15) is 0 Å². The summed E-state index contributed by atoms with van der Waals surface area (Å²) in [5, 5.41) is 9.92. The molecule has 3 N–H and O–H groups in total. The number of hydrogen-bond donors (Lipinski definition) is 3. The van der Waals surface area contributed by atoms with Gasteiger partial charge >= 0.3 is 0 Å². The van der Waals surface area contributed by atoms with Crippen LogP contribution in [0.2, 0.25) is 0 Å². The van der Waals surface area contributed by atoms with Gasteiger partial charge in [0, 0.05) is 69.9 Å². The molecule has 2 amide bonds. The van der Waals surface area contributed by atoms with Crippen LogP contribution in [0.25, 0.3) is 0 Å². The molecule has 214 valence electrons. The van der Waals surface area contributed by atoms with E-state index in [0.29, 0.717) is 43.4 Å². The zero-order valence-corrected chi connectivity index (χ0v) is 23.9. The summed E-state index contributed by atoms with van der Waals surface area (Å²) in [7, 11) is 3.24. The first kappa shape index (κ1) is 30.4. The van der Waals surface area contributed by atoms with E-state index < -0.39 is 0 Å². The van der Waals surface area contributed by atoms with Gasteiger partial charge in [-0.2, -0.15) is 0 Å². The summed E-state index contributed by atoms with van der Waals surface area (Å²) in [6, 6.07) is 14.9. The predicted octanol–water partition coefficient (Wildman–Crippen LogP) is 2.84. The van der Waals surface area contributed by atoms with E-state index in [1.807, 2.05) is 56.0 Å². The lowest BCUT2D eigenvalue weighted by Gasteiger charge is -2.32. The molecule has 1 heterocycles. The van der Waals surface area contributed by atoms with Crippen molar-refractivity contribution in [3.63, 3.8) is 0 Å². The van der Waals surface area contributed by atoms with Gasteiger partial charge in [-0.15, -0.1) is 0 Å². The normalized spacial score (nSPS) is 17.6. The molecule has 1 aliphatic heterocycles. The van der Waals surface area contributed by atoms with Crippen molar-refractivity contribution >= 4 is 11.8 Å². The first-order valence-corrected chi connectivity index (χ1v) is 13.7. The molecule has 3 rings (SSSR count). The van der Waals surface area contributed by atoms with E-state index in [0.717, 1.165) is 25.1 Å². The number of benzene rings is 2. The lowest BCUT2D eigenvalue weighted by molar-refractivity contribution is -0.123. The van der Waals surface area contributed by atoms with Gasteiger partial charge in [-0.1, -0.05) is 30.3 Å². The molecule has 3 atom stereocenters. The third-order valence-corrected chi connectivity index (χ3v) is 6.98. The van der Waals surface area contributed by atoms with Gasteiger partial charge in [0.2, 0.25) is 5.91 Å². The zero-order valence-electron chi connectivity index (χ0n) is 23.9. The molecule has 1 saturated heterocycles. The molecule has 1 unspecified atom stereocenters. The molecule has 0 aromatic heterocycles. The minimum Gasteiger partial charge on any atom is -0.493 e. The molecule has 1 aliphatic rings. The van der Waals surface area contributed by atoms with Crippen LogP contribution in [0.1, 0.15) is 43.1 Å². The Hall–Kier alpha value is -3.14. The molecule has 0 bridgehead atoms. The van der Waals surface area contributed by atoms with E-state index in [9.17, 15) is 9.59 Å². The Morgan fingerprint density at radius 3 is 2.49 bits per heavy atom. The summed E-state index contributed by atoms with van der Waals surface area (Å²) in [6.07, 6.45) is 0.738. The summed E-state index contributed by atoms with van der Waals surface area (Å²) < 4.78 is 16.4. The van der Waals surface area contributed by atoms with Crippen LogP contribution in [-0.2, 0) is 16.1 Å². The summed E-state index contributed by atoms with van der Waals surface area (Å²) >= 11 is 0. The Kier molecular flexibility index (Phi) is 12.0. The molecule has 2 aromatic carbocycles. The van der Waals surface area contributed by atoms with Crippen LogP contribution in [-0.4, -0.2) is 81.9 Å². The quantitative estimate of drug-likeness (QED) is 0.299. The molecule has 0 spiro atoms. The van der Waals surface area contributed by atoms with Crippen molar-refractivity contribution in [2.24, 2.45) is 5.92 Å². The van der Waals surface area contributed by atoms with Gasteiger partial charge < -0.3 is 35.1 Å². The third kappa shape index (κ3) is 8.95. The van der Waals surface area contributed by atoms with Gasteiger partial charge in [-0.3, -0.25) is 9.59 Å². The molecule has 2 aromatic rings. The molecular formula is C30H44N4O5. The van der Waals surface area contributed by atoms with Crippen LogP contribution in [0.5, 0.6) is 11.5 Å². The number of hydrogen-bond acceptors (Lipinski definition) is 7. The SMILES string of the molecule is COCCCOc1cc(C(=O)N(C[C@@H]2CNC[C@H]2NC(C)C(=O)NCc2ccccc2)C(C)C)ccc1OC. The fourth-order valence-electron chi connectivity index (χ4n) is 4.71. The molecule has 9 nitrogen and oxygen atoms in total. The molecule has 0 radical (unpaired) electrons. The highest BCUT2D eigenvalue weighted by molar-refractivity contribution is 5.95. The van der Waals surface area contributed by atoms with Gasteiger partial charge in [-0.25, -0.2) is 0 Å². The van der Waals surface area contributed by atoms with Crippen molar-refractivity contribution in [3.05, 3.63) is 59.7 Å². The van der Waals surface area contributed by atoms with Crippen molar-refractivity contribution in [1.29, 1.82) is 0 Å². The van der Waals surface area contributed by atoms with E-state index in [1.54, 1.807) is 32.4 Å². The molecule has 0 aliphatic carbocycles. The van der Waals surface area contributed by atoms with Crippen LogP contribution in [0.15, 0.2) is 48.5 Å². The van der Waals surface area contributed by atoms with Crippen LogP contribution >= 0.6 is 0 Å². The minimum atomic E-state index is -0.358. The molecule has 39 heavy (non-hydrogen) atoms. The minimum absolute atomic E-state index is 0.00137. The highest BCUT2D eigenvalue weighted by Gasteiger charge is 2.33. The Bertz CT molecular complexity index is 1050. The molecular weight excluding hydrogens is 496 g/mol. The summed E-state index contributed by atoms with van der Waals surface area (Å²) in [5.74, 6) is 1.18. The third-order valence-electron chi connectivity index (χ3n) is 6.98. The van der Waals surface area contributed by atoms with Gasteiger partial charge in [0.15, 0.2) is 11.5 Å². The first-order valence-electron chi connectivity index (χ1n) is 13.7. The van der Waals surface area contributed by atoms with E-state index in [-0.39, 0.29) is 35.9 Å². The highest BCUT2D eigenvalue weighted by atomic mass is 16.5. The second-order valence-corrected chi connectivity index (χ2v) is 10.2. The maximum atomic E-state index is 13.7. The first-order chi connectivity index (χ1) is 18.8. The average Bonchev–Trinajstić information content (AvgIpc) is 3.38. The van der Waals surface area contributed by atoms with E-state index in [1.165, 1.54) is 0 Å². The number of rotatable bonds is 15. The number of methoxy groups -OCH3 is 2. The molecule has 9 heteroatoms. The van der Waals surface area contributed by atoms with Crippen LogP contribution < -0.4 is 25.4 Å². The largest absolute Gasteiger partial charge is 0.493 e.